The van der Waals surface area contributed by atoms with Gasteiger partial charge in [-0.25, -0.2) is 0 Å². The molecule has 0 aliphatic heterocycles. The minimum atomic E-state index is -0.169. The van der Waals surface area contributed by atoms with Crippen LogP contribution in [0.4, 0.5) is 0 Å². The molecule has 4 heteroatoms. The minimum Gasteiger partial charge on any atom is -0.387 e. The molecule has 0 spiro atoms. The topological polar surface area (TPSA) is 66.0 Å². The van der Waals surface area contributed by atoms with Gasteiger partial charge in [-0.1, -0.05) is 33.3 Å². The van der Waals surface area contributed by atoms with Gasteiger partial charge < -0.3 is 5.73 Å². The Hall–Kier alpha value is -1.42. The van der Waals surface area contributed by atoms with E-state index in [9.17, 15) is 0 Å². The average Bonchev–Trinajstić information content (AvgIpc) is 2.43. The van der Waals surface area contributed by atoms with Crippen molar-refractivity contribution in [3.63, 3.8) is 0 Å². The van der Waals surface area contributed by atoms with Gasteiger partial charge in [0, 0.05) is 18.2 Å². The Labute approximate surface area is 122 Å². The summed E-state index contributed by atoms with van der Waals surface area (Å²) in [6, 6.07) is 6.05. The summed E-state index contributed by atoms with van der Waals surface area (Å²) < 4.78 is 0. The molecule has 0 saturated carbocycles. The summed E-state index contributed by atoms with van der Waals surface area (Å²) in [5.41, 5.74) is 6.56. The molecule has 0 aromatic carbocycles. The molecule has 0 aliphatic carbocycles. The van der Waals surface area contributed by atoms with Crippen molar-refractivity contribution in [3.05, 3.63) is 30.1 Å². The van der Waals surface area contributed by atoms with E-state index in [0.717, 1.165) is 44.6 Å². The van der Waals surface area contributed by atoms with Crippen LogP contribution in [0, 0.1) is 10.8 Å². The van der Waals surface area contributed by atoms with Crippen LogP contribution in [0.5, 0.6) is 0 Å². The number of hydrogen-bond donors (Lipinski definition) is 2. The van der Waals surface area contributed by atoms with Gasteiger partial charge in [-0.3, -0.25) is 15.3 Å². The summed E-state index contributed by atoms with van der Waals surface area (Å²) >= 11 is 0. The maximum Gasteiger partial charge on any atom is 0.0963 e. The fourth-order valence-electron chi connectivity index (χ4n) is 2.11. The fraction of sp³-hybridized carbons (Fsp3) is 0.625. The molecule has 1 rings (SSSR count). The number of pyridine rings is 1. The average molecular weight is 276 g/mol. The number of nitrogens with two attached hydrogens (primary N) is 1. The number of nitrogens with zero attached hydrogens (tertiary/aromatic N) is 2. The van der Waals surface area contributed by atoms with Gasteiger partial charge in [0.15, 0.2) is 0 Å². The molecule has 112 valence electrons. The Balaban J connectivity index is 2.30. The summed E-state index contributed by atoms with van der Waals surface area (Å²) in [5.74, 6) is 0.290. The van der Waals surface area contributed by atoms with Crippen LogP contribution in [0.3, 0.4) is 0 Å². The largest absolute Gasteiger partial charge is 0.387 e. The summed E-state index contributed by atoms with van der Waals surface area (Å²) in [6.07, 6.45) is 5.06. The van der Waals surface area contributed by atoms with Gasteiger partial charge in [0.1, 0.15) is 0 Å². The maximum atomic E-state index is 7.56. The lowest BCUT2D eigenvalue weighted by Crippen LogP contribution is -2.31. The van der Waals surface area contributed by atoms with Crippen LogP contribution in [0.15, 0.2) is 24.4 Å². The van der Waals surface area contributed by atoms with Crippen molar-refractivity contribution < 1.29 is 0 Å². The van der Waals surface area contributed by atoms with E-state index in [4.69, 9.17) is 11.1 Å². The van der Waals surface area contributed by atoms with Crippen LogP contribution in [0.2, 0.25) is 0 Å². The molecule has 0 fully saturated rings. The lowest BCUT2D eigenvalue weighted by atomic mass is 9.86. The van der Waals surface area contributed by atoms with Gasteiger partial charge in [-0.2, -0.15) is 0 Å². The number of rotatable bonds is 9. The highest BCUT2D eigenvalue weighted by atomic mass is 15.1. The first-order valence-electron chi connectivity index (χ1n) is 7.42. The molecule has 1 heterocycles. The number of nitrogens with one attached hydrogen (secondary N) is 1. The van der Waals surface area contributed by atoms with E-state index in [0.29, 0.717) is 5.84 Å². The van der Waals surface area contributed by atoms with Gasteiger partial charge in [0.25, 0.3) is 0 Å². The van der Waals surface area contributed by atoms with Gasteiger partial charge in [0.2, 0.25) is 0 Å². The molecule has 1 aromatic heterocycles. The first-order valence-corrected chi connectivity index (χ1v) is 7.42. The van der Waals surface area contributed by atoms with Crippen molar-refractivity contribution in [2.45, 2.75) is 46.6 Å². The predicted octanol–water partition coefficient (Wildman–Crippen LogP) is 3.04. The molecule has 0 unspecified atom stereocenters. The third-order valence-electron chi connectivity index (χ3n) is 3.81. The second-order valence-corrected chi connectivity index (χ2v) is 5.94. The molecule has 0 aliphatic rings. The number of aromatic nitrogens is 1. The molecule has 0 radical (unpaired) electrons. The molecule has 3 N–H and O–H groups in total. The smallest absolute Gasteiger partial charge is 0.0963 e. The van der Waals surface area contributed by atoms with E-state index in [1.807, 2.05) is 32.2 Å². The number of unbranched alkanes of at least 4 members (excludes halogenated alkanes) is 1. The highest BCUT2D eigenvalue weighted by Crippen LogP contribution is 2.22. The lowest BCUT2D eigenvalue weighted by Gasteiger charge is -2.24. The van der Waals surface area contributed by atoms with Crippen LogP contribution >= 0.6 is 0 Å². The second kappa shape index (κ2) is 8.00. The van der Waals surface area contributed by atoms with E-state index < -0.39 is 0 Å². The van der Waals surface area contributed by atoms with Crippen LogP contribution < -0.4 is 5.73 Å². The van der Waals surface area contributed by atoms with Crippen molar-refractivity contribution in [1.82, 2.24) is 9.88 Å². The zero-order valence-electron chi connectivity index (χ0n) is 13.0. The summed E-state index contributed by atoms with van der Waals surface area (Å²) in [5, 5.41) is 7.56. The van der Waals surface area contributed by atoms with E-state index in [1.54, 1.807) is 0 Å². The molecule has 0 amide bonds. The quantitative estimate of drug-likeness (QED) is 0.414. The normalized spacial score (nSPS) is 11.8. The van der Waals surface area contributed by atoms with Crippen molar-refractivity contribution in [2.75, 3.05) is 13.1 Å². The van der Waals surface area contributed by atoms with Crippen LogP contribution in [-0.2, 0) is 6.54 Å². The molecule has 1 aromatic rings. The van der Waals surface area contributed by atoms with E-state index >= 15 is 0 Å². The summed E-state index contributed by atoms with van der Waals surface area (Å²) in [6.45, 7) is 9.28. The minimum absolute atomic E-state index is 0.169. The Bertz CT molecular complexity index is 400. The fourth-order valence-corrected chi connectivity index (χ4v) is 2.11. The maximum absolute atomic E-state index is 7.56. The van der Waals surface area contributed by atoms with Gasteiger partial charge in [-0.05, 0) is 38.1 Å². The molecule has 0 atom stereocenters. The SMILES string of the molecule is CCN(CCCCC(C)(C)C(=N)N)Cc1ccccn1. The molecule has 0 saturated heterocycles. The van der Waals surface area contributed by atoms with Gasteiger partial charge >= 0.3 is 0 Å². The predicted molar refractivity (Wildman–Crippen MR) is 84.7 cm³/mol. The zero-order chi connectivity index (χ0) is 15.0. The second-order valence-electron chi connectivity index (χ2n) is 5.94. The number of amidine groups is 1. The van der Waals surface area contributed by atoms with Gasteiger partial charge in [-0.15, -0.1) is 0 Å². The number of hydrogen-bond acceptors (Lipinski definition) is 3. The molecule has 4 nitrogen and oxygen atoms in total. The van der Waals surface area contributed by atoms with E-state index in [-0.39, 0.29) is 5.41 Å². The van der Waals surface area contributed by atoms with Crippen LogP contribution in [0.25, 0.3) is 0 Å². The van der Waals surface area contributed by atoms with Crippen molar-refractivity contribution >= 4 is 5.84 Å². The van der Waals surface area contributed by atoms with Crippen molar-refractivity contribution in [1.29, 1.82) is 5.41 Å². The molecular weight excluding hydrogens is 248 g/mol. The van der Waals surface area contributed by atoms with Crippen molar-refractivity contribution in [3.8, 4) is 0 Å². The third-order valence-corrected chi connectivity index (χ3v) is 3.81. The first-order chi connectivity index (χ1) is 9.45. The highest BCUT2D eigenvalue weighted by molar-refractivity contribution is 5.82. The Morgan fingerprint density at radius 3 is 2.65 bits per heavy atom. The van der Waals surface area contributed by atoms with E-state index in [2.05, 4.69) is 22.9 Å². The molecular formula is C16H28N4. The van der Waals surface area contributed by atoms with Crippen LogP contribution in [0.1, 0.15) is 45.7 Å². The summed E-state index contributed by atoms with van der Waals surface area (Å²) in [4.78, 5) is 6.78. The standard InChI is InChI=1S/C16H28N4/c1-4-20(13-14-9-5-7-11-19-14)12-8-6-10-16(2,3)15(17)18/h5,7,9,11H,4,6,8,10,12-13H2,1-3H3,(H3,17,18). The van der Waals surface area contributed by atoms with E-state index in [1.165, 1.54) is 0 Å². The monoisotopic (exact) mass is 276 g/mol. The van der Waals surface area contributed by atoms with Crippen molar-refractivity contribution in [2.24, 2.45) is 11.1 Å². The Morgan fingerprint density at radius 2 is 2.10 bits per heavy atom. The summed E-state index contributed by atoms with van der Waals surface area (Å²) in [7, 11) is 0. The lowest BCUT2D eigenvalue weighted by molar-refractivity contribution is 0.265. The molecule has 20 heavy (non-hydrogen) atoms. The first kappa shape index (κ1) is 16.6. The highest BCUT2D eigenvalue weighted by Gasteiger charge is 2.20. The Kier molecular flexibility index (Phi) is 6.65. The van der Waals surface area contributed by atoms with Gasteiger partial charge in [0.05, 0.1) is 11.5 Å². The van der Waals surface area contributed by atoms with Crippen LogP contribution in [-0.4, -0.2) is 28.8 Å². The third kappa shape index (κ3) is 5.70. The zero-order valence-corrected chi connectivity index (χ0v) is 13.0. The Morgan fingerprint density at radius 1 is 1.35 bits per heavy atom. The molecule has 0 bridgehead atoms.